The monoisotopic (exact) mass is 384 g/mol. The molecule has 2 heterocycles. The van der Waals surface area contributed by atoms with Crippen LogP contribution in [0.2, 0.25) is 0 Å². The van der Waals surface area contributed by atoms with Gasteiger partial charge in [-0.3, -0.25) is 9.59 Å². The normalized spacial score (nSPS) is 21.0. The maximum absolute atomic E-state index is 13.4. The minimum absolute atomic E-state index is 0.0654. The van der Waals surface area contributed by atoms with E-state index < -0.39 is 17.6 Å². The first kappa shape index (κ1) is 19.7. The fraction of sp³-hybridized carbons (Fsp3) is 0.579. The summed E-state index contributed by atoms with van der Waals surface area (Å²) in [6.45, 7) is 0.729. The number of alkyl halides is 3. The van der Waals surface area contributed by atoms with Crippen molar-refractivity contribution in [1.29, 1.82) is 0 Å². The van der Waals surface area contributed by atoms with Crippen LogP contribution in [0.1, 0.15) is 54.4 Å². The molecule has 2 aliphatic rings. The lowest BCUT2D eigenvalue weighted by molar-refractivity contribution is -0.137. The van der Waals surface area contributed by atoms with Crippen LogP contribution in [0, 0.1) is 0 Å². The number of aliphatic hydroxyl groups is 1. The molecule has 5 nitrogen and oxygen atoms in total. The standard InChI is InChI=1S/C19H23F3N2O3/c20-19(21,22)14-10-13(11-16(12-14)23-8-3-5-17(23)26)18(27)24-7-2-1-4-15(24)6-9-25/h10-12,15,25H,1-9H2. The van der Waals surface area contributed by atoms with Gasteiger partial charge in [-0.25, -0.2) is 0 Å². The van der Waals surface area contributed by atoms with E-state index in [0.717, 1.165) is 31.4 Å². The lowest BCUT2D eigenvalue weighted by Crippen LogP contribution is -2.44. The number of carbonyl (C=O) groups excluding carboxylic acids is 2. The summed E-state index contributed by atoms with van der Waals surface area (Å²) in [6, 6.07) is 2.99. The first-order chi connectivity index (χ1) is 12.8. The number of amides is 2. The maximum atomic E-state index is 13.4. The van der Waals surface area contributed by atoms with E-state index in [-0.39, 0.29) is 29.8 Å². The Bertz CT molecular complexity index is 719. The molecule has 0 spiro atoms. The molecule has 1 aromatic rings. The second-order valence-electron chi connectivity index (χ2n) is 7.08. The lowest BCUT2D eigenvalue weighted by atomic mass is 9.97. The Morgan fingerprint density at radius 3 is 2.56 bits per heavy atom. The molecule has 2 saturated heterocycles. The molecule has 2 amide bonds. The maximum Gasteiger partial charge on any atom is 0.416 e. The van der Waals surface area contributed by atoms with Crippen LogP contribution in [0.5, 0.6) is 0 Å². The van der Waals surface area contributed by atoms with E-state index in [1.54, 1.807) is 4.90 Å². The Hall–Kier alpha value is -2.09. The van der Waals surface area contributed by atoms with Gasteiger partial charge in [0.1, 0.15) is 0 Å². The van der Waals surface area contributed by atoms with Crippen LogP contribution in [-0.4, -0.2) is 47.6 Å². The van der Waals surface area contributed by atoms with Gasteiger partial charge in [-0.2, -0.15) is 13.2 Å². The van der Waals surface area contributed by atoms with Crippen molar-refractivity contribution in [2.45, 2.75) is 50.7 Å². The molecule has 2 fully saturated rings. The van der Waals surface area contributed by atoms with Crippen LogP contribution >= 0.6 is 0 Å². The molecule has 0 radical (unpaired) electrons. The van der Waals surface area contributed by atoms with Crippen molar-refractivity contribution >= 4 is 17.5 Å². The zero-order valence-electron chi connectivity index (χ0n) is 15.0. The molecule has 0 aromatic heterocycles. The highest BCUT2D eigenvalue weighted by molar-refractivity contribution is 5.99. The van der Waals surface area contributed by atoms with Crippen LogP contribution in [0.4, 0.5) is 18.9 Å². The van der Waals surface area contributed by atoms with Crippen molar-refractivity contribution in [2.75, 3.05) is 24.6 Å². The minimum atomic E-state index is -4.61. The number of benzene rings is 1. The third kappa shape index (κ3) is 4.26. The lowest BCUT2D eigenvalue weighted by Gasteiger charge is -2.36. The largest absolute Gasteiger partial charge is 0.416 e. The Morgan fingerprint density at radius 2 is 1.93 bits per heavy atom. The molecule has 0 aliphatic carbocycles. The molecular weight excluding hydrogens is 361 g/mol. The van der Waals surface area contributed by atoms with Crippen molar-refractivity contribution in [1.82, 2.24) is 4.90 Å². The van der Waals surface area contributed by atoms with Crippen molar-refractivity contribution in [3.8, 4) is 0 Å². The van der Waals surface area contributed by atoms with Crippen molar-refractivity contribution < 1.29 is 27.9 Å². The number of carbonyl (C=O) groups is 2. The summed E-state index contributed by atoms with van der Waals surface area (Å²) in [5, 5.41) is 9.23. The number of hydrogen-bond acceptors (Lipinski definition) is 3. The fourth-order valence-corrected chi connectivity index (χ4v) is 3.86. The molecule has 8 heteroatoms. The van der Waals surface area contributed by atoms with E-state index in [9.17, 15) is 27.9 Å². The highest BCUT2D eigenvalue weighted by atomic mass is 19.4. The molecule has 148 valence electrons. The number of nitrogens with zero attached hydrogens (tertiary/aromatic N) is 2. The summed E-state index contributed by atoms with van der Waals surface area (Å²) in [5.74, 6) is -0.712. The van der Waals surface area contributed by atoms with Gasteiger partial charge >= 0.3 is 6.18 Å². The quantitative estimate of drug-likeness (QED) is 0.867. The van der Waals surface area contributed by atoms with Crippen molar-refractivity contribution in [3.05, 3.63) is 29.3 Å². The summed E-state index contributed by atoms with van der Waals surface area (Å²) in [6.07, 6.45) is -0.896. The predicted octanol–water partition coefficient (Wildman–Crippen LogP) is 3.21. The van der Waals surface area contributed by atoms with Gasteiger partial charge in [0.15, 0.2) is 0 Å². The number of rotatable bonds is 4. The molecule has 1 unspecified atom stereocenters. The Morgan fingerprint density at radius 1 is 1.15 bits per heavy atom. The highest BCUT2D eigenvalue weighted by Crippen LogP contribution is 2.35. The summed E-state index contributed by atoms with van der Waals surface area (Å²) in [4.78, 5) is 27.8. The number of halogens is 3. The van der Waals surface area contributed by atoms with E-state index in [4.69, 9.17) is 0 Å². The van der Waals surface area contributed by atoms with Gasteiger partial charge in [0.25, 0.3) is 5.91 Å². The predicted molar refractivity (Wildman–Crippen MR) is 93.4 cm³/mol. The smallest absolute Gasteiger partial charge is 0.396 e. The van der Waals surface area contributed by atoms with Crippen LogP contribution in [0.25, 0.3) is 0 Å². The van der Waals surface area contributed by atoms with Gasteiger partial charge in [0, 0.05) is 43.4 Å². The molecule has 0 saturated carbocycles. The molecule has 2 aliphatic heterocycles. The first-order valence-electron chi connectivity index (χ1n) is 9.25. The number of anilines is 1. The average molecular weight is 384 g/mol. The van der Waals surface area contributed by atoms with E-state index in [0.29, 0.717) is 32.4 Å². The average Bonchev–Trinajstić information content (AvgIpc) is 3.07. The van der Waals surface area contributed by atoms with Crippen molar-refractivity contribution in [3.63, 3.8) is 0 Å². The number of aliphatic hydroxyl groups excluding tert-OH is 1. The topological polar surface area (TPSA) is 60.9 Å². The zero-order valence-corrected chi connectivity index (χ0v) is 15.0. The van der Waals surface area contributed by atoms with Crippen LogP contribution in [0.3, 0.4) is 0 Å². The summed E-state index contributed by atoms with van der Waals surface area (Å²) >= 11 is 0. The molecule has 1 atom stereocenters. The van der Waals surface area contributed by atoms with Gasteiger partial charge in [0.2, 0.25) is 5.91 Å². The van der Waals surface area contributed by atoms with Gasteiger partial charge in [-0.1, -0.05) is 0 Å². The van der Waals surface area contributed by atoms with Crippen LogP contribution in [0.15, 0.2) is 18.2 Å². The van der Waals surface area contributed by atoms with E-state index in [1.807, 2.05) is 0 Å². The SMILES string of the molecule is O=C1CCCN1c1cc(C(=O)N2CCCCC2CCO)cc(C(F)(F)F)c1. The minimum Gasteiger partial charge on any atom is -0.396 e. The second-order valence-corrected chi connectivity index (χ2v) is 7.08. The first-order valence-corrected chi connectivity index (χ1v) is 9.25. The van der Waals surface area contributed by atoms with Crippen molar-refractivity contribution in [2.24, 2.45) is 0 Å². The van der Waals surface area contributed by atoms with E-state index >= 15 is 0 Å². The zero-order chi connectivity index (χ0) is 19.6. The van der Waals surface area contributed by atoms with Gasteiger partial charge in [0.05, 0.1) is 5.56 Å². The second kappa shape index (κ2) is 7.88. The molecule has 27 heavy (non-hydrogen) atoms. The molecule has 1 aromatic carbocycles. The summed E-state index contributed by atoms with van der Waals surface area (Å²) in [7, 11) is 0. The number of piperidine rings is 1. The third-order valence-corrected chi connectivity index (χ3v) is 5.23. The molecule has 1 N–H and O–H groups in total. The fourth-order valence-electron chi connectivity index (χ4n) is 3.86. The van der Waals surface area contributed by atoms with E-state index in [2.05, 4.69) is 0 Å². The van der Waals surface area contributed by atoms with Crippen LogP contribution in [-0.2, 0) is 11.0 Å². The van der Waals surface area contributed by atoms with Crippen LogP contribution < -0.4 is 4.90 Å². The summed E-state index contributed by atoms with van der Waals surface area (Å²) in [5.41, 5.74) is -0.880. The Labute approximate surface area is 155 Å². The highest BCUT2D eigenvalue weighted by Gasteiger charge is 2.35. The van der Waals surface area contributed by atoms with Gasteiger partial charge in [-0.15, -0.1) is 0 Å². The van der Waals surface area contributed by atoms with Gasteiger partial charge in [-0.05, 0) is 50.3 Å². The molecule has 0 bridgehead atoms. The Kier molecular flexibility index (Phi) is 5.74. The number of likely N-dealkylation sites (tertiary alicyclic amines) is 1. The molecular formula is C19H23F3N2O3. The molecule has 3 rings (SSSR count). The third-order valence-electron chi connectivity index (χ3n) is 5.23. The van der Waals surface area contributed by atoms with Gasteiger partial charge < -0.3 is 14.9 Å². The number of hydrogen-bond donors (Lipinski definition) is 1. The van der Waals surface area contributed by atoms with E-state index in [1.165, 1.54) is 11.0 Å². The summed E-state index contributed by atoms with van der Waals surface area (Å²) < 4.78 is 40.1. The Balaban J connectivity index is 1.97.